The van der Waals surface area contributed by atoms with Gasteiger partial charge in [0.05, 0.1) is 6.54 Å². The lowest BCUT2D eigenvalue weighted by Crippen LogP contribution is -2.23. The van der Waals surface area contributed by atoms with Crippen LogP contribution in [0.4, 0.5) is 0 Å². The molecule has 0 atom stereocenters. The second-order valence-electron chi connectivity index (χ2n) is 6.46. The summed E-state index contributed by atoms with van der Waals surface area (Å²) in [5, 5.41) is 10.0. The van der Waals surface area contributed by atoms with Crippen LogP contribution in [0.15, 0.2) is 11.6 Å². The van der Waals surface area contributed by atoms with Crippen LogP contribution in [0.1, 0.15) is 50.4 Å². The largest absolute Gasteiger partial charge is 0.345 e. The molecule has 0 aromatic carbocycles. The highest BCUT2D eigenvalue weighted by Crippen LogP contribution is 2.48. The van der Waals surface area contributed by atoms with Crippen molar-refractivity contribution in [3.63, 3.8) is 0 Å². The van der Waals surface area contributed by atoms with Gasteiger partial charge >= 0.3 is 0 Å². The normalized spacial score (nSPS) is 21.1. The highest BCUT2D eigenvalue weighted by molar-refractivity contribution is 7.71. The number of amides is 1. The van der Waals surface area contributed by atoms with Crippen molar-refractivity contribution < 1.29 is 4.79 Å². The summed E-state index contributed by atoms with van der Waals surface area (Å²) in [4.78, 5) is 12.1. The molecule has 1 amide bonds. The van der Waals surface area contributed by atoms with Gasteiger partial charge in [-0.2, -0.15) is 5.10 Å². The summed E-state index contributed by atoms with van der Waals surface area (Å²) in [6.45, 7) is 0.446. The first-order chi connectivity index (χ1) is 10.2. The number of aromatic nitrogens is 3. The molecule has 0 aliphatic heterocycles. The number of aromatic amines is 1. The Labute approximate surface area is 128 Å². The summed E-state index contributed by atoms with van der Waals surface area (Å²) in [5.74, 6) is 2.22. The van der Waals surface area contributed by atoms with Crippen LogP contribution in [0.5, 0.6) is 0 Å². The smallest absolute Gasteiger partial charge is 0.244 e. The van der Waals surface area contributed by atoms with E-state index in [2.05, 4.69) is 15.5 Å². The Morgan fingerprint density at radius 2 is 1.95 bits per heavy atom. The van der Waals surface area contributed by atoms with Gasteiger partial charge in [-0.15, -0.1) is 0 Å². The lowest BCUT2D eigenvalue weighted by Gasteiger charge is -2.07. The third kappa shape index (κ3) is 2.95. The number of hydrogen-bond donors (Lipinski definition) is 2. The van der Waals surface area contributed by atoms with Gasteiger partial charge in [0.1, 0.15) is 0 Å². The van der Waals surface area contributed by atoms with E-state index < -0.39 is 0 Å². The Balaban J connectivity index is 1.41. The van der Waals surface area contributed by atoms with Crippen LogP contribution in [0.2, 0.25) is 0 Å². The molecule has 3 aliphatic rings. The van der Waals surface area contributed by atoms with Gasteiger partial charge < -0.3 is 5.32 Å². The number of carbonyl (C=O) groups excluding carboxylic acids is 1. The van der Waals surface area contributed by atoms with Crippen molar-refractivity contribution in [2.75, 3.05) is 0 Å². The van der Waals surface area contributed by atoms with Crippen LogP contribution >= 0.6 is 12.2 Å². The van der Waals surface area contributed by atoms with Crippen LogP contribution in [-0.4, -0.2) is 20.7 Å². The zero-order valence-corrected chi connectivity index (χ0v) is 12.8. The standard InChI is InChI=1S/C15H20N4OS/c20-14(7-12(9-1-2-9)10-3-4-10)16-8-13-17-18-15(21)19(13)11-5-6-11/h7,9-11H,1-6,8H2,(H,16,20)(H,18,21). The van der Waals surface area contributed by atoms with Gasteiger partial charge in [-0.3, -0.25) is 14.5 Å². The van der Waals surface area contributed by atoms with Gasteiger partial charge in [-0.05, 0) is 62.6 Å². The summed E-state index contributed by atoms with van der Waals surface area (Å²) in [5.41, 5.74) is 1.38. The molecule has 0 saturated heterocycles. The van der Waals surface area contributed by atoms with Crippen molar-refractivity contribution in [1.82, 2.24) is 20.1 Å². The van der Waals surface area contributed by atoms with Crippen molar-refractivity contribution in [3.8, 4) is 0 Å². The third-order valence-electron chi connectivity index (χ3n) is 4.51. The van der Waals surface area contributed by atoms with Gasteiger partial charge in [0.2, 0.25) is 5.91 Å². The Bertz CT molecular complexity index is 633. The first kappa shape index (κ1) is 13.2. The van der Waals surface area contributed by atoms with E-state index in [1.807, 2.05) is 10.6 Å². The van der Waals surface area contributed by atoms with Gasteiger partial charge in [0.25, 0.3) is 0 Å². The second-order valence-corrected chi connectivity index (χ2v) is 6.84. The molecule has 3 saturated carbocycles. The van der Waals surface area contributed by atoms with E-state index >= 15 is 0 Å². The van der Waals surface area contributed by atoms with E-state index in [0.717, 1.165) is 18.7 Å². The van der Waals surface area contributed by atoms with Gasteiger partial charge in [0, 0.05) is 12.1 Å². The fourth-order valence-corrected chi connectivity index (χ4v) is 3.24. The molecule has 0 spiro atoms. The minimum atomic E-state index is 0.0139. The van der Waals surface area contributed by atoms with E-state index in [1.54, 1.807) is 0 Å². The van der Waals surface area contributed by atoms with Crippen LogP contribution in [0.3, 0.4) is 0 Å². The average molecular weight is 304 g/mol. The molecule has 5 nitrogen and oxygen atoms in total. The Kier molecular flexibility index (Phi) is 3.21. The fraction of sp³-hybridized carbons (Fsp3) is 0.667. The summed E-state index contributed by atoms with van der Waals surface area (Å²) in [7, 11) is 0. The quantitative estimate of drug-likeness (QED) is 0.627. The van der Waals surface area contributed by atoms with E-state index in [9.17, 15) is 4.79 Å². The lowest BCUT2D eigenvalue weighted by atomic mass is 10.1. The third-order valence-corrected chi connectivity index (χ3v) is 4.79. The Hall–Kier alpha value is -1.43. The minimum absolute atomic E-state index is 0.0139. The molecule has 112 valence electrons. The fourth-order valence-electron chi connectivity index (χ4n) is 2.94. The van der Waals surface area contributed by atoms with Gasteiger partial charge in [0.15, 0.2) is 10.6 Å². The molecule has 3 aliphatic carbocycles. The Morgan fingerprint density at radius 3 is 2.52 bits per heavy atom. The molecule has 21 heavy (non-hydrogen) atoms. The molecule has 1 heterocycles. The predicted octanol–water partition coefficient (Wildman–Crippen LogP) is 2.64. The molecule has 0 bridgehead atoms. The first-order valence-corrected chi connectivity index (χ1v) is 8.28. The molecule has 3 fully saturated rings. The summed E-state index contributed by atoms with van der Waals surface area (Å²) < 4.78 is 2.70. The van der Waals surface area contributed by atoms with Crippen molar-refractivity contribution in [2.45, 2.75) is 51.1 Å². The van der Waals surface area contributed by atoms with E-state index in [-0.39, 0.29) is 5.91 Å². The zero-order valence-electron chi connectivity index (χ0n) is 12.0. The molecule has 0 radical (unpaired) electrons. The number of nitrogens with zero attached hydrogens (tertiary/aromatic N) is 2. The molecular formula is C15H20N4OS. The zero-order chi connectivity index (χ0) is 14.4. The molecule has 1 aromatic heterocycles. The topological polar surface area (TPSA) is 62.7 Å². The van der Waals surface area contributed by atoms with Crippen molar-refractivity contribution in [3.05, 3.63) is 22.2 Å². The van der Waals surface area contributed by atoms with Crippen LogP contribution in [0, 0.1) is 16.6 Å². The maximum Gasteiger partial charge on any atom is 0.244 e. The average Bonchev–Trinajstić information content (AvgIpc) is 3.35. The molecule has 2 N–H and O–H groups in total. The highest BCUT2D eigenvalue weighted by atomic mass is 32.1. The highest BCUT2D eigenvalue weighted by Gasteiger charge is 2.36. The number of allylic oxidation sites excluding steroid dienone is 1. The van der Waals surface area contributed by atoms with E-state index in [1.165, 1.54) is 31.3 Å². The second kappa shape index (κ2) is 5.09. The monoisotopic (exact) mass is 304 g/mol. The first-order valence-electron chi connectivity index (χ1n) is 7.87. The number of hydrogen-bond acceptors (Lipinski definition) is 3. The van der Waals surface area contributed by atoms with Crippen molar-refractivity contribution in [2.24, 2.45) is 11.8 Å². The number of H-pyrrole nitrogens is 1. The molecular weight excluding hydrogens is 284 g/mol. The van der Waals surface area contributed by atoms with E-state index in [4.69, 9.17) is 12.2 Å². The summed E-state index contributed by atoms with van der Waals surface area (Å²) in [6, 6.07) is 0.479. The molecule has 6 heteroatoms. The number of carbonyl (C=O) groups is 1. The maximum atomic E-state index is 12.1. The molecule has 4 rings (SSSR count). The molecule has 0 unspecified atom stereocenters. The maximum absolute atomic E-state index is 12.1. The predicted molar refractivity (Wildman–Crippen MR) is 81.1 cm³/mol. The van der Waals surface area contributed by atoms with Crippen molar-refractivity contribution >= 4 is 18.1 Å². The summed E-state index contributed by atoms with van der Waals surface area (Å²) in [6.07, 6.45) is 9.19. The van der Waals surface area contributed by atoms with E-state index in [0.29, 0.717) is 29.2 Å². The van der Waals surface area contributed by atoms with Gasteiger partial charge in [-0.25, -0.2) is 0 Å². The van der Waals surface area contributed by atoms with Gasteiger partial charge in [-0.1, -0.05) is 5.57 Å². The van der Waals surface area contributed by atoms with Crippen LogP contribution in [0.25, 0.3) is 0 Å². The summed E-state index contributed by atoms with van der Waals surface area (Å²) >= 11 is 5.24. The van der Waals surface area contributed by atoms with Crippen molar-refractivity contribution in [1.29, 1.82) is 0 Å². The van der Waals surface area contributed by atoms with Crippen LogP contribution < -0.4 is 5.32 Å². The molecule has 1 aromatic rings. The minimum Gasteiger partial charge on any atom is -0.345 e. The lowest BCUT2D eigenvalue weighted by molar-refractivity contribution is -0.116. The SMILES string of the molecule is O=C(C=C(C1CC1)C1CC1)NCc1n[nH]c(=S)n1C1CC1. The Morgan fingerprint density at radius 1 is 1.29 bits per heavy atom. The van der Waals surface area contributed by atoms with Crippen LogP contribution in [-0.2, 0) is 11.3 Å². The number of rotatable bonds is 6. The number of nitrogens with one attached hydrogen (secondary N) is 2.